The first kappa shape index (κ1) is 24.6. The van der Waals surface area contributed by atoms with Crippen molar-refractivity contribution >= 4 is 27.4 Å². The van der Waals surface area contributed by atoms with E-state index >= 15 is 0 Å². The summed E-state index contributed by atoms with van der Waals surface area (Å²) >= 11 is 0. The number of benzodiazepines with no additional fused rings is 1. The Bertz CT molecular complexity index is 1200. The lowest BCUT2D eigenvalue weighted by Crippen LogP contribution is -2.66. The summed E-state index contributed by atoms with van der Waals surface area (Å²) in [4.78, 5) is 18.4. The van der Waals surface area contributed by atoms with Gasteiger partial charge in [0.15, 0.2) is 0 Å². The molecule has 0 radical (unpaired) electrons. The van der Waals surface area contributed by atoms with Gasteiger partial charge in [0.05, 0.1) is 21.5 Å². The molecular weight excluding hydrogens is 450 g/mol. The molecule has 2 fully saturated rings. The number of hydrogen-bond acceptors (Lipinski definition) is 5. The molecule has 1 atom stereocenters. The van der Waals surface area contributed by atoms with Crippen molar-refractivity contribution in [3.63, 3.8) is 0 Å². The van der Waals surface area contributed by atoms with Crippen LogP contribution in [0.2, 0.25) is 0 Å². The third-order valence-corrected chi connectivity index (χ3v) is 9.16. The van der Waals surface area contributed by atoms with E-state index in [0.717, 1.165) is 48.2 Å². The van der Waals surface area contributed by atoms with Gasteiger partial charge >= 0.3 is 5.91 Å². The molecule has 0 aromatic heterocycles. The van der Waals surface area contributed by atoms with Crippen LogP contribution in [0.15, 0.2) is 59.6 Å². The van der Waals surface area contributed by atoms with Gasteiger partial charge in [-0.25, -0.2) is 13.4 Å². The maximum atomic E-state index is 12.2. The van der Waals surface area contributed by atoms with Crippen molar-refractivity contribution in [2.24, 2.45) is 21.7 Å². The average molecular weight is 484 g/mol. The monoisotopic (exact) mass is 483 g/mol. The molecule has 1 heterocycles. The number of nitrogens with zero attached hydrogens (tertiary/aromatic N) is 2. The quantitative estimate of drug-likeness (QED) is 0.676. The largest absolute Gasteiger partial charge is 0.748 e. The van der Waals surface area contributed by atoms with E-state index in [-0.39, 0.29) is 22.5 Å². The minimum Gasteiger partial charge on any atom is -0.748 e. The van der Waals surface area contributed by atoms with E-state index < -0.39 is 16.3 Å². The van der Waals surface area contributed by atoms with Crippen LogP contribution in [-0.2, 0) is 14.9 Å². The summed E-state index contributed by atoms with van der Waals surface area (Å²) in [5.74, 6) is 0.386. The summed E-state index contributed by atoms with van der Waals surface area (Å²) in [5, 5.41) is 0. The average Bonchev–Trinajstić information content (AvgIpc) is 3.14. The Morgan fingerprint density at radius 3 is 2.21 bits per heavy atom. The SMILES string of the molecule is CC1(C)C2CCC1(CS(=O)(=O)[O-])CC2.CN1C(=O)C([NH3+])N=C(c2ccccc2)c2ccccc21. The highest BCUT2D eigenvalue weighted by atomic mass is 32.2. The normalized spacial score (nSPS) is 27.4. The highest BCUT2D eigenvalue weighted by Gasteiger charge is 2.59. The van der Waals surface area contributed by atoms with Gasteiger partial charge in [-0.1, -0.05) is 62.4 Å². The number of likely N-dealkylation sites (N-methyl/N-ethyl adjacent to an activating group) is 1. The lowest BCUT2D eigenvalue weighted by molar-refractivity contribution is -0.400. The van der Waals surface area contributed by atoms with Crippen molar-refractivity contribution in [3.8, 4) is 0 Å². The Morgan fingerprint density at radius 1 is 1.06 bits per heavy atom. The van der Waals surface area contributed by atoms with Crippen molar-refractivity contribution in [3.05, 3.63) is 65.7 Å². The molecule has 2 aliphatic carbocycles. The minimum absolute atomic E-state index is 0.0461. The minimum atomic E-state index is -4.07. The first-order valence-electron chi connectivity index (χ1n) is 11.7. The van der Waals surface area contributed by atoms with E-state index in [1.807, 2.05) is 54.6 Å². The molecule has 1 unspecified atom stereocenters. The van der Waals surface area contributed by atoms with Crippen LogP contribution in [0.5, 0.6) is 0 Å². The molecule has 2 aromatic carbocycles. The molecule has 1 aliphatic heterocycles. The Labute approximate surface area is 201 Å². The summed E-state index contributed by atoms with van der Waals surface area (Å²) in [6, 6.07) is 17.7. The summed E-state index contributed by atoms with van der Waals surface area (Å²) in [6.45, 7) is 4.26. The molecule has 182 valence electrons. The topological polar surface area (TPSA) is 118 Å². The molecule has 0 saturated heterocycles. The molecule has 7 nitrogen and oxygen atoms in total. The van der Waals surface area contributed by atoms with Gasteiger partial charge in [0.2, 0.25) is 0 Å². The number of benzene rings is 2. The van der Waals surface area contributed by atoms with Crippen LogP contribution < -0.4 is 10.6 Å². The predicted molar refractivity (Wildman–Crippen MR) is 131 cm³/mol. The van der Waals surface area contributed by atoms with Crippen molar-refractivity contribution in [1.29, 1.82) is 0 Å². The summed E-state index contributed by atoms with van der Waals surface area (Å²) in [6.07, 6.45) is 3.42. The molecule has 2 saturated carbocycles. The number of carbonyl (C=O) groups is 1. The van der Waals surface area contributed by atoms with Gasteiger partial charge in [-0.15, -0.1) is 0 Å². The predicted octanol–water partition coefficient (Wildman–Crippen LogP) is 2.82. The van der Waals surface area contributed by atoms with Gasteiger partial charge in [-0.3, -0.25) is 4.79 Å². The third-order valence-electron chi connectivity index (χ3n) is 8.25. The van der Waals surface area contributed by atoms with E-state index in [4.69, 9.17) is 0 Å². The van der Waals surface area contributed by atoms with Crippen molar-refractivity contribution in [2.75, 3.05) is 17.7 Å². The Kier molecular flexibility index (Phi) is 6.44. The highest BCUT2D eigenvalue weighted by Crippen LogP contribution is 2.66. The van der Waals surface area contributed by atoms with Crippen LogP contribution in [0.4, 0.5) is 5.69 Å². The number of anilines is 1. The first-order valence-corrected chi connectivity index (χ1v) is 13.3. The molecule has 0 spiro atoms. The third kappa shape index (κ3) is 4.42. The van der Waals surface area contributed by atoms with Crippen molar-refractivity contribution in [2.45, 2.75) is 45.7 Å². The molecule has 8 heteroatoms. The lowest BCUT2D eigenvalue weighted by Gasteiger charge is -2.38. The van der Waals surface area contributed by atoms with Gasteiger partial charge in [-0.05, 0) is 48.5 Å². The maximum Gasteiger partial charge on any atom is 0.308 e. The Balaban J connectivity index is 0.000000172. The standard InChI is InChI=1S/C16H15N3O.C10H18O3S/c1-19-13-10-6-5-9-12(13)14(18-15(17)16(19)20)11-7-3-2-4-8-11;1-9(2)8-3-5-10(9,6-4-8)7-14(11,12)13/h2-10,15H,17H2,1H3;8H,3-7H2,1-2H3,(H,11,12,13). The fourth-order valence-electron chi connectivity index (χ4n) is 6.05. The van der Waals surface area contributed by atoms with Gasteiger partial charge in [0, 0.05) is 23.9 Å². The maximum absolute atomic E-state index is 12.2. The van der Waals surface area contributed by atoms with Crippen LogP contribution in [0.3, 0.4) is 0 Å². The van der Waals surface area contributed by atoms with Crippen molar-refractivity contribution in [1.82, 2.24) is 0 Å². The lowest BCUT2D eigenvalue weighted by atomic mass is 9.71. The number of fused-ring (bicyclic) bond motifs is 3. The zero-order chi connectivity index (χ0) is 24.7. The van der Waals surface area contributed by atoms with E-state index in [1.54, 1.807) is 11.9 Å². The molecule has 1 amide bonds. The van der Waals surface area contributed by atoms with Gasteiger partial charge in [-0.2, -0.15) is 0 Å². The van der Waals surface area contributed by atoms with Crippen LogP contribution >= 0.6 is 0 Å². The zero-order valence-electron chi connectivity index (χ0n) is 20.0. The molecule has 2 bridgehead atoms. The van der Waals surface area contributed by atoms with E-state index in [9.17, 15) is 17.8 Å². The number of quaternary nitrogens is 1. The van der Waals surface area contributed by atoms with Gasteiger partial charge in [0.1, 0.15) is 0 Å². The number of amides is 1. The van der Waals surface area contributed by atoms with Crippen LogP contribution in [-0.4, -0.2) is 43.6 Å². The second-order valence-electron chi connectivity index (χ2n) is 10.3. The molecule has 34 heavy (non-hydrogen) atoms. The summed E-state index contributed by atoms with van der Waals surface area (Å²) in [7, 11) is -2.31. The number of para-hydroxylation sites is 1. The summed E-state index contributed by atoms with van der Waals surface area (Å²) < 4.78 is 32.7. The Morgan fingerprint density at radius 2 is 1.65 bits per heavy atom. The molecule has 5 rings (SSSR count). The summed E-state index contributed by atoms with van der Waals surface area (Å²) in [5.41, 5.74) is 7.35. The molecule has 3 aliphatic rings. The zero-order valence-corrected chi connectivity index (χ0v) is 20.8. The number of aliphatic imine (C=N–C) groups is 1. The first-order chi connectivity index (χ1) is 16.0. The van der Waals surface area contributed by atoms with Crippen LogP contribution in [0.1, 0.15) is 50.7 Å². The van der Waals surface area contributed by atoms with Gasteiger partial charge in [0.25, 0.3) is 6.17 Å². The van der Waals surface area contributed by atoms with E-state index in [2.05, 4.69) is 24.6 Å². The number of rotatable bonds is 3. The highest BCUT2D eigenvalue weighted by molar-refractivity contribution is 7.85. The number of hydrogen-bond donors (Lipinski definition) is 1. The fourth-order valence-corrected chi connectivity index (χ4v) is 7.39. The van der Waals surface area contributed by atoms with Crippen molar-refractivity contribution < 1.29 is 23.5 Å². The molecule has 3 N–H and O–H groups in total. The fraction of sp³-hybridized carbons (Fsp3) is 0.462. The molecular formula is C26H33N3O4S. The van der Waals surface area contributed by atoms with Crippen LogP contribution in [0, 0.1) is 16.7 Å². The Hall–Kier alpha value is -2.55. The van der Waals surface area contributed by atoms with E-state index in [0.29, 0.717) is 5.92 Å². The van der Waals surface area contributed by atoms with Crippen LogP contribution in [0.25, 0.3) is 0 Å². The second-order valence-corrected chi connectivity index (χ2v) is 11.7. The second kappa shape index (κ2) is 8.91. The smallest absolute Gasteiger partial charge is 0.308 e. The van der Waals surface area contributed by atoms with E-state index in [1.165, 1.54) is 0 Å². The molecule has 2 aromatic rings. The number of carbonyl (C=O) groups excluding carboxylic acids is 1. The van der Waals surface area contributed by atoms with Gasteiger partial charge < -0.3 is 15.2 Å².